The number of alkyl halides is 3. The summed E-state index contributed by atoms with van der Waals surface area (Å²) in [5.74, 6) is 0. The van der Waals surface area contributed by atoms with Crippen molar-refractivity contribution in [3.8, 4) is 0 Å². The van der Waals surface area contributed by atoms with Gasteiger partial charge in [0.1, 0.15) is 0 Å². The van der Waals surface area contributed by atoms with Crippen LogP contribution in [-0.2, 0) is 19.1 Å². The Morgan fingerprint density at radius 2 is 1.95 bits per heavy atom. The van der Waals surface area contributed by atoms with Crippen LogP contribution in [-0.4, -0.2) is 11.5 Å². The molecule has 2 heterocycles. The predicted molar refractivity (Wildman–Crippen MR) is 75.2 cm³/mol. The second-order valence-electron chi connectivity index (χ2n) is 5.31. The molecule has 1 aromatic heterocycles. The Kier molecular flexibility index (Phi) is 3.35. The molecule has 0 aliphatic carbocycles. The molecule has 21 heavy (non-hydrogen) atoms. The summed E-state index contributed by atoms with van der Waals surface area (Å²) < 4.78 is 38.2. The fourth-order valence-corrected chi connectivity index (χ4v) is 2.72. The first kappa shape index (κ1) is 13.9. The first-order valence-corrected chi connectivity index (χ1v) is 6.80. The molecule has 110 valence electrons. The number of aromatic nitrogens is 1. The highest BCUT2D eigenvalue weighted by atomic mass is 19.4. The first-order chi connectivity index (χ1) is 9.95. The van der Waals surface area contributed by atoms with Crippen LogP contribution in [0, 0.1) is 6.92 Å². The minimum atomic E-state index is -4.27. The average Bonchev–Trinajstić information content (AvgIpc) is 2.46. The van der Waals surface area contributed by atoms with Crippen molar-refractivity contribution in [3.63, 3.8) is 0 Å². The second-order valence-corrected chi connectivity index (χ2v) is 5.31. The summed E-state index contributed by atoms with van der Waals surface area (Å²) in [6.07, 6.45) is -0.101. The lowest BCUT2D eigenvalue weighted by Gasteiger charge is -2.31. The number of aryl methyl sites for hydroxylation is 1. The molecule has 1 aliphatic rings. The molecule has 0 unspecified atom stereocenters. The molecule has 1 aliphatic heterocycles. The van der Waals surface area contributed by atoms with Crippen molar-refractivity contribution in [2.75, 3.05) is 11.4 Å². The number of fused-ring (bicyclic) bond motifs is 1. The lowest BCUT2D eigenvalue weighted by molar-refractivity contribution is -0.137. The smallest absolute Gasteiger partial charge is 0.365 e. The molecule has 0 spiro atoms. The van der Waals surface area contributed by atoms with Gasteiger partial charge in [0.2, 0.25) is 0 Å². The van der Waals surface area contributed by atoms with Gasteiger partial charge < -0.3 is 4.90 Å². The Morgan fingerprint density at radius 1 is 1.14 bits per heavy atom. The molecular weight excluding hydrogens is 277 g/mol. The molecule has 5 heteroatoms. The van der Waals surface area contributed by atoms with E-state index in [1.165, 1.54) is 12.1 Å². The van der Waals surface area contributed by atoms with Gasteiger partial charge in [-0.2, -0.15) is 13.2 Å². The van der Waals surface area contributed by atoms with Crippen molar-refractivity contribution in [2.45, 2.75) is 26.1 Å². The number of hydrogen-bond donors (Lipinski definition) is 0. The Morgan fingerprint density at radius 3 is 2.67 bits per heavy atom. The van der Waals surface area contributed by atoms with Crippen molar-refractivity contribution in [1.29, 1.82) is 0 Å². The van der Waals surface area contributed by atoms with Crippen LogP contribution in [0.2, 0.25) is 0 Å². The van der Waals surface area contributed by atoms with E-state index in [1.54, 1.807) is 12.3 Å². The van der Waals surface area contributed by atoms with Gasteiger partial charge in [0.15, 0.2) is 0 Å². The fraction of sp³-hybridized carbons (Fsp3) is 0.312. The van der Waals surface area contributed by atoms with Gasteiger partial charge >= 0.3 is 6.18 Å². The third-order valence-electron chi connectivity index (χ3n) is 3.90. The highest BCUT2D eigenvalue weighted by Gasteiger charge is 2.31. The van der Waals surface area contributed by atoms with Gasteiger partial charge in [-0.05, 0) is 48.2 Å². The standard InChI is InChI=1S/C16H15F3N2/c1-11-4-6-20-9-15(11)21-7-5-12-8-14(16(17,18)19)3-2-13(12)10-21/h2-4,6,8-9H,5,7,10H2,1H3. The van der Waals surface area contributed by atoms with Gasteiger partial charge in [0.25, 0.3) is 0 Å². The van der Waals surface area contributed by atoms with E-state index in [9.17, 15) is 13.2 Å². The van der Waals surface area contributed by atoms with Gasteiger partial charge in [-0.3, -0.25) is 4.98 Å². The number of anilines is 1. The summed E-state index contributed by atoms with van der Waals surface area (Å²) in [5.41, 5.74) is 3.36. The molecule has 1 aromatic carbocycles. The number of hydrogen-bond acceptors (Lipinski definition) is 2. The van der Waals surface area contributed by atoms with E-state index >= 15 is 0 Å². The minimum Gasteiger partial charge on any atom is -0.365 e. The molecule has 0 atom stereocenters. The molecule has 0 fully saturated rings. The van der Waals surface area contributed by atoms with Crippen molar-refractivity contribution < 1.29 is 13.2 Å². The van der Waals surface area contributed by atoms with Crippen LogP contribution in [0.15, 0.2) is 36.7 Å². The highest BCUT2D eigenvalue weighted by molar-refractivity contribution is 5.53. The van der Waals surface area contributed by atoms with E-state index in [0.717, 1.165) is 22.4 Å². The van der Waals surface area contributed by atoms with Crippen LogP contribution in [0.25, 0.3) is 0 Å². The Hall–Kier alpha value is -2.04. The second kappa shape index (κ2) is 5.06. The molecule has 0 saturated heterocycles. The van der Waals surface area contributed by atoms with Crippen molar-refractivity contribution in [1.82, 2.24) is 4.98 Å². The average molecular weight is 292 g/mol. The highest BCUT2D eigenvalue weighted by Crippen LogP contribution is 2.33. The molecule has 0 amide bonds. The maximum Gasteiger partial charge on any atom is 0.416 e. The van der Waals surface area contributed by atoms with Gasteiger partial charge in [0, 0.05) is 19.3 Å². The quantitative estimate of drug-likeness (QED) is 0.790. The fourth-order valence-electron chi connectivity index (χ4n) is 2.72. The maximum atomic E-state index is 12.7. The number of nitrogens with zero attached hydrogens (tertiary/aromatic N) is 2. The van der Waals surface area contributed by atoms with E-state index < -0.39 is 11.7 Å². The monoisotopic (exact) mass is 292 g/mol. The largest absolute Gasteiger partial charge is 0.416 e. The number of pyridine rings is 1. The molecule has 2 aromatic rings. The van der Waals surface area contributed by atoms with Crippen LogP contribution in [0.5, 0.6) is 0 Å². The molecule has 0 radical (unpaired) electrons. The molecule has 0 saturated carbocycles. The summed E-state index contributed by atoms with van der Waals surface area (Å²) in [5, 5.41) is 0. The van der Waals surface area contributed by atoms with Gasteiger partial charge in [-0.15, -0.1) is 0 Å². The lowest BCUT2D eigenvalue weighted by atomic mass is 9.96. The normalized spacial score (nSPS) is 15.0. The van der Waals surface area contributed by atoms with Gasteiger partial charge in [-0.1, -0.05) is 6.07 Å². The van der Waals surface area contributed by atoms with E-state index in [-0.39, 0.29) is 0 Å². The molecule has 3 rings (SSSR count). The summed E-state index contributed by atoms with van der Waals surface area (Å²) >= 11 is 0. The summed E-state index contributed by atoms with van der Waals surface area (Å²) in [6.45, 7) is 3.35. The third-order valence-corrected chi connectivity index (χ3v) is 3.90. The van der Waals surface area contributed by atoms with Crippen molar-refractivity contribution in [3.05, 3.63) is 58.9 Å². The Bertz CT molecular complexity index is 665. The molecular formula is C16H15F3N2. The van der Waals surface area contributed by atoms with Crippen LogP contribution in [0.1, 0.15) is 22.3 Å². The van der Waals surface area contributed by atoms with Gasteiger partial charge in [0.05, 0.1) is 17.4 Å². The van der Waals surface area contributed by atoms with Crippen molar-refractivity contribution >= 4 is 5.69 Å². The van der Waals surface area contributed by atoms with E-state index in [0.29, 0.717) is 19.5 Å². The SMILES string of the molecule is Cc1ccncc1N1CCc2cc(C(F)(F)F)ccc2C1. The number of halogens is 3. The zero-order chi connectivity index (χ0) is 15.0. The number of benzene rings is 1. The minimum absolute atomic E-state index is 0.563. The molecule has 0 N–H and O–H groups in total. The summed E-state index contributed by atoms with van der Waals surface area (Å²) in [6, 6.07) is 5.98. The van der Waals surface area contributed by atoms with Crippen LogP contribution < -0.4 is 4.90 Å². The lowest BCUT2D eigenvalue weighted by Crippen LogP contribution is -2.31. The van der Waals surface area contributed by atoms with Crippen LogP contribution in [0.3, 0.4) is 0 Å². The predicted octanol–water partition coefficient (Wildman–Crippen LogP) is 3.97. The topological polar surface area (TPSA) is 16.1 Å². The van der Waals surface area contributed by atoms with E-state index in [2.05, 4.69) is 9.88 Å². The van der Waals surface area contributed by atoms with Crippen LogP contribution in [0.4, 0.5) is 18.9 Å². The van der Waals surface area contributed by atoms with Crippen LogP contribution >= 0.6 is 0 Å². The van der Waals surface area contributed by atoms with Gasteiger partial charge in [-0.25, -0.2) is 0 Å². The number of rotatable bonds is 1. The Balaban J connectivity index is 1.89. The molecule has 2 nitrogen and oxygen atoms in total. The van der Waals surface area contributed by atoms with Crippen molar-refractivity contribution in [2.24, 2.45) is 0 Å². The maximum absolute atomic E-state index is 12.7. The Labute approximate surface area is 121 Å². The molecule has 0 bridgehead atoms. The zero-order valence-corrected chi connectivity index (χ0v) is 11.6. The third kappa shape index (κ3) is 2.73. The van der Waals surface area contributed by atoms with E-state index in [1.807, 2.05) is 19.2 Å². The summed E-state index contributed by atoms with van der Waals surface area (Å²) in [4.78, 5) is 6.30. The van der Waals surface area contributed by atoms with E-state index in [4.69, 9.17) is 0 Å². The first-order valence-electron chi connectivity index (χ1n) is 6.80. The summed E-state index contributed by atoms with van der Waals surface area (Å²) in [7, 11) is 0. The zero-order valence-electron chi connectivity index (χ0n) is 11.6.